The van der Waals surface area contributed by atoms with Crippen molar-refractivity contribution in [1.29, 1.82) is 0 Å². The number of ether oxygens (including phenoxy) is 1. The molecule has 0 fully saturated rings. The zero-order valence-corrected chi connectivity index (χ0v) is 9.70. The molecule has 1 atom stereocenters. The summed E-state index contributed by atoms with van der Waals surface area (Å²) in [5.41, 5.74) is 5.23. The predicted molar refractivity (Wildman–Crippen MR) is 63.0 cm³/mol. The number of carboxylic acids is 2. The van der Waals surface area contributed by atoms with Crippen molar-refractivity contribution in [3.05, 3.63) is 29.8 Å². The maximum absolute atomic E-state index is 11.3. The standard InChI is InChI=1S/C11H12N2O6/c12-8(10(16)17)5-13-11(18)19-7-3-1-6(2-4-7)9(14)15/h1-4,8H,5,12H2,(H,13,18)(H,14,15)(H,16,17)/t8-/m0/s1. The Balaban J connectivity index is 2.48. The molecule has 5 N–H and O–H groups in total. The van der Waals surface area contributed by atoms with Crippen molar-refractivity contribution in [2.24, 2.45) is 5.73 Å². The molecule has 8 heteroatoms. The van der Waals surface area contributed by atoms with Gasteiger partial charge in [0.25, 0.3) is 0 Å². The fourth-order valence-corrected chi connectivity index (χ4v) is 1.09. The first-order chi connectivity index (χ1) is 8.90. The summed E-state index contributed by atoms with van der Waals surface area (Å²) >= 11 is 0. The van der Waals surface area contributed by atoms with Crippen molar-refractivity contribution in [3.63, 3.8) is 0 Å². The van der Waals surface area contributed by atoms with Gasteiger partial charge in [-0.3, -0.25) is 4.79 Å². The third-order valence-electron chi connectivity index (χ3n) is 2.10. The quantitative estimate of drug-likeness (QED) is 0.584. The number of hydrogen-bond acceptors (Lipinski definition) is 5. The summed E-state index contributed by atoms with van der Waals surface area (Å²) < 4.78 is 4.79. The first-order valence-corrected chi connectivity index (χ1v) is 5.17. The number of nitrogens with two attached hydrogens (primary N) is 1. The molecule has 19 heavy (non-hydrogen) atoms. The van der Waals surface area contributed by atoms with Crippen LogP contribution >= 0.6 is 0 Å². The lowest BCUT2D eigenvalue weighted by molar-refractivity contribution is -0.138. The molecule has 1 aromatic rings. The Morgan fingerprint density at radius 2 is 1.79 bits per heavy atom. The lowest BCUT2D eigenvalue weighted by Gasteiger charge is -2.09. The fraction of sp³-hybridized carbons (Fsp3) is 0.182. The third-order valence-corrected chi connectivity index (χ3v) is 2.10. The van der Waals surface area contributed by atoms with Gasteiger partial charge >= 0.3 is 18.0 Å². The van der Waals surface area contributed by atoms with E-state index in [1.54, 1.807) is 0 Å². The van der Waals surface area contributed by atoms with Crippen LogP contribution in [0.1, 0.15) is 10.4 Å². The van der Waals surface area contributed by atoms with Crippen LogP contribution in [0, 0.1) is 0 Å². The smallest absolute Gasteiger partial charge is 0.412 e. The summed E-state index contributed by atoms with van der Waals surface area (Å²) in [6.45, 7) is -0.276. The van der Waals surface area contributed by atoms with Crippen LogP contribution < -0.4 is 15.8 Å². The van der Waals surface area contributed by atoms with Crippen LogP contribution in [0.5, 0.6) is 5.75 Å². The number of carboxylic acid groups (broad SMARTS) is 2. The average Bonchev–Trinajstić information content (AvgIpc) is 2.36. The largest absolute Gasteiger partial charge is 0.480 e. The minimum Gasteiger partial charge on any atom is -0.480 e. The van der Waals surface area contributed by atoms with Crippen molar-refractivity contribution < 1.29 is 29.3 Å². The molecule has 0 aromatic heterocycles. The number of amides is 1. The number of carbonyl (C=O) groups is 3. The molecule has 1 rings (SSSR count). The molecular weight excluding hydrogens is 256 g/mol. The van der Waals surface area contributed by atoms with E-state index in [0.29, 0.717) is 0 Å². The van der Waals surface area contributed by atoms with Crippen LogP contribution in [0.3, 0.4) is 0 Å². The summed E-state index contributed by atoms with van der Waals surface area (Å²) in [6.07, 6.45) is -0.875. The van der Waals surface area contributed by atoms with Crippen LogP contribution in [-0.4, -0.2) is 40.8 Å². The summed E-state index contributed by atoms with van der Waals surface area (Å²) in [6, 6.07) is 3.93. The van der Waals surface area contributed by atoms with Crippen LogP contribution in [0.4, 0.5) is 4.79 Å². The van der Waals surface area contributed by atoms with Gasteiger partial charge in [-0.2, -0.15) is 0 Å². The van der Waals surface area contributed by atoms with E-state index in [-0.39, 0.29) is 17.9 Å². The molecule has 0 bridgehead atoms. The van der Waals surface area contributed by atoms with E-state index in [1.807, 2.05) is 0 Å². The topological polar surface area (TPSA) is 139 Å². The molecule has 0 saturated heterocycles. The van der Waals surface area contributed by atoms with Gasteiger partial charge in [-0.1, -0.05) is 0 Å². The van der Waals surface area contributed by atoms with E-state index < -0.39 is 24.1 Å². The first-order valence-electron chi connectivity index (χ1n) is 5.17. The molecule has 0 aliphatic carbocycles. The van der Waals surface area contributed by atoms with Crippen LogP contribution in [0.25, 0.3) is 0 Å². The van der Waals surface area contributed by atoms with E-state index in [0.717, 1.165) is 0 Å². The maximum Gasteiger partial charge on any atom is 0.412 e. The zero-order chi connectivity index (χ0) is 14.4. The number of rotatable bonds is 5. The molecule has 0 radical (unpaired) electrons. The lowest BCUT2D eigenvalue weighted by atomic mass is 10.2. The van der Waals surface area contributed by atoms with E-state index in [2.05, 4.69) is 5.32 Å². The van der Waals surface area contributed by atoms with E-state index >= 15 is 0 Å². The highest BCUT2D eigenvalue weighted by Gasteiger charge is 2.13. The van der Waals surface area contributed by atoms with Crippen LogP contribution in [-0.2, 0) is 4.79 Å². The van der Waals surface area contributed by atoms with E-state index in [4.69, 9.17) is 20.7 Å². The molecule has 102 valence electrons. The summed E-state index contributed by atoms with van der Waals surface area (Å²) in [4.78, 5) is 32.2. The van der Waals surface area contributed by atoms with Gasteiger partial charge in [0.2, 0.25) is 0 Å². The van der Waals surface area contributed by atoms with Gasteiger partial charge in [0, 0.05) is 6.54 Å². The molecule has 0 spiro atoms. The number of benzene rings is 1. The molecule has 8 nitrogen and oxygen atoms in total. The molecule has 0 saturated carbocycles. The predicted octanol–water partition coefficient (Wildman–Crippen LogP) is -0.115. The SMILES string of the molecule is N[C@@H](CNC(=O)Oc1ccc(C(=O)O)cc1)C(=O)O. The van der Waals surface area contributed by atoms with Gasteiger partial charge in [-0.15, -0.1) is 0 Å². The molecular formula is C11H12N2O6. The summed E-state index contributed by atoms with van der Waals surface area (Å²) in [5, 5.41) is 19.3. The lowest BCUT2D eigenvalue weighted by Crippen LogP contribution is -2.43. The minimum absolute atomic E-state index is 0.0562. The fourth-order valence-electron chi connectivity index (χ4n) is 1.09. The highest BCUT2D eigenvalue weighted by atomic mass is 16.6. The molecule has 0 aliphatic rings. The number of aliphatic carboxylic acids is 1. The molecule has 1 aromatic carbocycles. The number of carbonyl (C=O) groups excluding carboxylic acids is 1. The summed E-state index contributed by atoms with van der Waals surface area (Å²) in [5.74, 6) is -2.21. The Kier molecular flexibility index (Phi) is 4.84. The minimum atomic E-state index is -1.24. The van der Waals surface area contributed by atoms with Gasteiger partial charge in [-0.05, 0) is 24.3 Å². The molecule has 0 unspecified atom stereocenters. The van der Waals surface area contributed by atoms with Crippen LogP contribution in [0.2, 0.25) is 0 Å². The Bertz CT molecular complexity index is 484. The number of hydrogen-bond donors (Lipinski definition) is 4. The van der Waals surface area contributed by atoms with E-state index in [9.17, 15) is 14.4 Å². The van der Waals surface area contributed by atoms with Gasteiger partial charge in [0.05, 0.1) is 5.56 Å². The van der Waals surface area contributed by atoms with Crippen molar-refractivity contribution >= 4 is 18.0 Å². The second-order valence-electron chi connectivity index (χ2n) is 3.54. The number of nitrogens with one attached hydrogen (secondary N) is 1. The van der Waals surface area contributed by atoms with Gasteiger partial charge < -0.3 is 26.0 Å². The second-order valence-corrected chi connectivity index (χ2v) is 3.54. The van der Waals surface area contributed by atoms with Crippen molar-refractivity contribution in [3.8, 4) is 5.75 Å². The summed E-state index contributed by atoms with van der Waals surface area (Å²) in [7, 11) is 0. The van der Waals surface area contributed by atoms with Gasteiger partial charge in [0.15, 0.2) is 0 Å². The molecule has 0 aliphatic heterocycles. The van der Waals surface area contributed by atoms with Crippen molar-refractivity contribution in [2.45, 2.75) is 6.04 Å². The highest BCUT2D eigenvalue weighted by molar-refractivity contribution is 5.87. The monoisotopic (exact) mass is 268 g/mol. The van der Waals surface area contributed by atoms with Crippen molar-refractivity contribution in [1.82, 2.24) is 5.32 Å². The van der Waals surface area contributed by atoms with E-state index in [1.165, 1.54) is 24.3 Å². The van der Waals surface area contributed by atoms with Gasteiger partial charge in [-0.25, -0.2) is 9.59 Å². The number of aromatic carboxylic acids is 1. The Hall–Kier alpha value is -2.61. The zero-order valence-electron chi connectivity index (χ0n) is 9.70. The second kappa shape index (κ2) is 6.36. The average molecular weight is 268 g/mol. The Morgan fingerprint density at radius 1 is 1.21 bits per heavy atom. The Morgan fingerprint density at radius 3 is 2.26 bits per heavy atom. The highest BCUT2D eigenvalue weighted by Crippen LogP contribution is 2.12. The maximum atomic E-state index is 11.3. The van der Waals surface area contributed by atoms with Gasteiger partial charge in [0.1, 0.15) is 11.8 Å². The first kappa shape index (κ1) is 14.5. The van der Waals surface area contributed by atoms with Crippen molar-refractivity contribution in [2.75, 3.05) is 6.54 Å². The molecule has 0 heterocycles. The third kappa shape index (κ3) is 4.64. The molecule has 1 amide bonds. The van der Waals surface area contributed by atoms with Crippen LogP contribution in [0.15, 0.2) is 24.3 Å². The Labute approximate surface area is 107 Å². The normalized spacial score (nSPS) is 11.4.